The Morgan fingerprint density at radius 2 is 2.15 bits per heavy atom. The van der Waals surface area contributed by atoms with Crippen LogP contribution in [0.15, 0.2) is 36.5 Å². The van der Waals surface area contributed by atoms with Gasteiger partial charge in [-0.05, 0) is 12.1 Å². The first-order chi connectivity index (χ1) is 6.27. The Balaban J connectivity index is 2.69. The van der Waals surface area contributed by atoms with Crippen molar-refractivity contribution in [1.82, 2.24) is 4.98 Å². The second-order valence-electron chi connectivity index (χ2n) is 2.82. The van der Waals surface area contributed by atoms with Crippen LogP contribution in [-0.2, 0) is 0 Å². The van der Waals surface area contributed by atoms with Crippen molar-refractivity contribution in [3.8, 4) is 0 Å². The summed E-state index contributed by atoms with van der Waals surface area (Å²) in [5.74, 6) is 0.0764. The van der Waals surface area contributed by atoms with Gasteiger partial charge >= 0.3 is 0 Å². The van der Waals surface area contributed by atoms with E-state index in [9.17, 15) is 0 Å². The molecule has 0 bridgehead atoms. The van der Waals surface area contributed by atoms with Crippen molar-refractivity contribution in [2.75, 3.05) is 0 Å². The maximum absolute atomic E-state index is 7.26. The van der Waals surface area contributed by atoms with Gasteiger partial charge in [-0.1, -0.05) is 18.2 Å². The van der Waals surface area contributed by atoms with E-state index in [1.165, 1.54) is 0 Å². The highest BCUT2D eigenvalue weighted by Crippen LogP contribution is 2.12. The Hall–Kier alpha value is -1.90. The summed E-state index contributed by atoms with van der Waals surface area (Å²) in [6.45, 7) is 0. The molecule has 1 aromatic carbocycles. The molecule has 2 aromatic rings. The molecule has 0 aliphatic carbocycles. The number of nitrogens with one attached hydrogen (secondary N) is 1. The fourth-order valence-corrected chi connectivity index (χ4v) is 1.23. The molecule has 3 N–H and O–H groups in total. The molecular formula is C10H9N3. The van der Waals surface area contributed by atoms with Gasteiger partial charge in [0.05, 0.1) is 5.52 Å². The third-order valence-corrected chi connectivity index (χ3v) is 1.92. The van der Waals surface area contributed by atoms with Gasteiger partial charge in [0.15, 0.2) is 0 Å². The predicted octanol–water partition coefficient (Wildman–Crippen LogP) is 1.52. The number of hydrogen-bond donors (Lipinski definition) is 2. The maximum atomic E-state index is 7.26. The van der Waals surface area contributed by atoms with Crippen LogP contribution >= 0.6 is 0 Å². The van der Waals surface area contributed by atoms with Crippen molar-refractivity contribution >= 4 is 16.7 Å². The largest absolute Gasteiger partial charge is 0.384 e. The molecule has 0 amide bonds. The smallest absolute Gasteiger partial charge is 0.122 e. The molecule has 0 saturated heterocycles. The van der Waals surface area contributed by atoms with E-state index in [1.54, 1.807) is 6.20 Å². The zero-order chi connectivity index (χ0) is 9.26. The van der Waals surface area contributed by atoms with Gasteiger partial charge in [-0.2, -0.15) is 0 Å². The highest BCUT2D eigenvalue weighted by atomic mass is 14.7. The first-order valence-corrected chi connectivity index (χ1v) is 3.96. The Morgan fingerprint density at radius 3 is 2.92 bits per heavy atom. The quantitative estimate of drug-likeness (QED) is 0.504. The summed E-state index contributed by atoms with van der Waals surface area (Å²) in [7, 11) is 0. The summed E-state index contributed by atoms with van der Waals surface area (Å²) in [6.07, 6.45) is 1.73. The molecular weight excluding hydrogens is 162 g/mol. The van der Waals surface area contributed by atoms with E-state index in [0.717, 1.165) is 10.9 Å². The molecule has 0 saturated carbocycles. The average Bonchev–Trinajstić information content (AvgIpc) is 2.17. The molecule has 0 fully saturated rings. The summed E-state index contributed by atoms with van der Waals surface area (Å²) in [6, 6.07) is 9.42. The Bertz CT molecular complexity index is 462. The number of nitrogen functional groups attached to an aromatic ring is 1. The number of nitrogens with two attached hydrogens (primary N) is 1. The number of hydrogen-bond acceptors (Lipinski definition) is 2. The van der Waals surface area contributed by atoms with Crippen molar-refractivity contribution in [1.29, 1.82) is 5.41 Å². The minimum atomic E-state index is 0.0764. The molecule has 0 aliphatic rings. The molecule has 0 radical (unpaired) electrons. The molecule has 13 heavy (non-hydrogen) atoms. The van der Waals surface area contributed by atoms with Crippen LogP contribution in [0.25, 0.3) is 10.9 Å². The van der Waals surface area contributed by atoms with E-state index in [1.807, 2.05) is 30.3 Å². The van der Waals surface area contributed by atoms with E-state index < -0.39 is 0 Å². The number of fused-ring (bicyclic) bond motifs is 1. The standard InChI is InChI=1S/C10H9N3/c11-10(12)8-4-3-7-2-1-5-13-9(7)6-8/h1-6H,(H3,11,12). The van der Waals surface area contributed by atoms with Gasteiger partial charge in [0.1, 0.15) is 5.84 Å². The van der Waals surface area contributed by atoms with E-state index in [-0.39, 0.29) is 5.84 Å². The zero-order valence-electron chi connectivity index (χ0n) is 6.99. The summed E-state index contributed by atoms with van der Waals surface area (Å²) >= 11 is 0. The van der Waals surface area contributed by atoms with Gasteiger partial charge < -0.3 is 5.73 Å². The molecule has 1 aromatic heterocycles. The molecule has 0 aliphatic heterocycles. The van der Waals surface area contributed by atoms with Crippen molar-refractivity contribution in [3.05, 3.63) is 42.1 Å². The number of aromatic nitrogens is 1. The summed E-state index contributed by atoms with van der Waals surface area (Å²) in [5, 5.41) is 8.32. The van der Waals surface area contributed by atoms with Gasteiger partial charge in [-0.15, -0.1) is 0 Å². The zero-order valence-corrected chi connectivity index (χ0v) is 6.99. The Labute approximate surface area is 75.7 Å². The number of amidine groups is 1. The molecule has 2 rings (SSSR count). The van der Waals surface area contributed by atoms with Crippen molar-refractivity contribution in [2.45, 2.75) is 0 Å². The van der Waals surface area contributed by atoms with E-state index in [2.05, 4.69) is 4.98 Å². The predicted molar refractivity (Wildman–Crippen MR) is 52.8 cm³/mol. The minimum Gasteiger partial charge on any atom is -0.384 e. The molecule has 0 atom stereocenters. The van der Waals surface area contributed by atoms with Crippen molar-refractivity contribution < 1.29 is 0 Å². The second-order valence-corrected chi connectivity index (χ2v) is 2.82. The van der Waals surface area contributed by atoms with Crippen LogP contribution in [0, 0.1) is 5.41 Å². The lowest BCUT2D eigenvalue weighted by molar-refractivity contribution is 1.39. The van der Waals surface area contributed by atoms with Crippen LogP contribution in [0.4, 0.5) is 0 Å². The van der Waals surface area contributed by atoms with Crippen LogP contribution in [-0.4, -0.2) is 10.8 Å². The van der Waals surface area contributed by atoms with Gasteiger partial charge in [0.25, 0.3) is 0 Å². The van der Waals surface area contributed by atoms with E-state index in [0.29, 0.717) is 5.56 Å². The number of rotatable bonds is 1. The van der Waals surface area contributed by atoms with Gasteiger partial charge in [-0.3, -0.25) is 10.4 Å². The van der Waals surface area contributed by atoms with Crippen LogP contribution in [0.5, 0.6) is 0 Å². The van der Waals surface area contributed by atoms with Gasteiger partial charge in [0, 0.05) is 17.1 Å². The first kappa shape index (κ1) is 7.73. The van der Waals surface area contributed by atoms with Gasteiger partial charge in [0.2, 0.25) is 0 Å². The minimum absolute atomic E-state index is 0.0764. The highest BCUT2D eigenvalue weighted by Gasteiger charge is 1.98. The summed E-state index contributed by atoms with van der Waals surface area (Å²) in [4.78, 5) is 4.17. The molecule has 64 valence electrons. The monoisotopic (exact) mass is 171 g/mol. The molecule has 0 unspecified atom stereocenters. The highest BCUT2D eigenvalue weighted by molar-refractivity contribution is 5.98. The van der Waals surface area contributed by atoms with Crippen LogP contribution in [0.3, 0.4) is 0 Å². The summed E-state index contributed by atoms with van der Waals surface area (Å²) < 4.78 is 0. The lowest BCUT2D eigenvalue weighted by atomic mass is 10.1. The molecule has 0 spiro atoms. The normalized spacial score (nSPS) is 10.2. The number of nitrogens with zero attached hydrogens (tertiary/aromatic N) is 1. The van der Waals surface area contributed by atoms with Crippen LogP contribution in [0.1, 0.15) is 5.56 Å². The van der Waals surface area contributed by atoms with E-state index >= 15 is 0 Å². The topological polar surface area (TPSA) is 62.8 Å². The average molecular weight is 171 g/mol. The Kier molecular flexibility index (Phi) is 1.70. The first-order valence-electron chi connectivity index (χ1n) is 3.96. The van der Waals surface area contributed by atoms with Crippen LogP contribution < -0.4 is 5.73 Å². The molecule has 3 heteroatoms. The fourth-order valence-electron chi connectivity index (χ4n) is 1.23. The van der Waals surface area contributed by atoms with Crippen LogP contribution in [0.2, 0.25) is 0 Å². The Morgan fingerprint density at radius 1 is 1.31 bits per heavy atom. The van der Waals surface area contributed by atoms with E-state index in [4.69, 9.17) is 11.1 Å². The third-order valence-electron chi connectivity index (χ3n) is 1.92. The molecule has 3 nitrogen and oxygen atoms in total. The summed E-state index contributed by atoms with van der Waals surface area (Å²) in [5.41, 5.74) is 6.94. The third kappa shape index (κ3) is 1.36. The fraction of sp³-hybridized carbons (Fsp3) is 0. The number of pyridine rings is 1. The van der Waals surface area contributed by atoms with Crippen molar-refractivity contribution in [3.63, 3.8) is 0 Å². The van der Waals surface area contributed by atoms with Crippen molar-refractivity contribution in [2.24, 2.45) is 5.73 Å². The second kappa shape index (κ2) is 2.86. The van der Waals surface area contributed by atoms with Gasteiger partial charge in [-0.25, -0.2) is 0 Å². The lowest BCUT2D eigenvalue weighted by Gasteiger charge is -1.99. The maximum Gasteiger partial charge on any atom is 0.122 e. The SMILES string of the molecule is N=C(N)c1ccc2cccnc2c1. The molecule has 1 heterocycles. The lowest BCUT2D eigenvalue weighted by Crippen LogP contribution is -2.10. The number of benzene rings is 1.